The van der Waals surface area contributed by atoms with Crippen LogP contribution in [0.4, 0.5) is 0 Å². The molecule has 1 aliphatic carbocycles. The minimum Gasteiger partial charge on any atom is -0.497 e. The molecule has 0 unspecified atom stereocenters. The van der Waals surface area contributed by atoms with E-state index >= 15 is 0 Å². The number of nitrogens with zero attached hydrogens (tertiary/aromatic N) is 3. The molecule has 0 aliphatic heterocycles. The summed E-state index contributed by atoms with van der Waals surface area (Å²) in [5.74, 6) is 0.995. The molecule has 0 saturated carbocycles. The lowest BCUT2D eigenvalue weighted by Crippen LogP contribution is -2.28. The van der Waals surface area contributed by atoms with Gasteiger partial charge in [-0.25, -0.2) is 4.98 Å². The zero-order chi connectivity index (χ0) is 21.8. The number of amides is 1. The molecule has 0 spiro atoms. The molecule has 7 heteroatoms. The van der Waals surface area contributed by atoms with Crippen LogP contribution in [0.1, 0.15) is 24.8 Å². The Labute approximate surface area is 185 Å². The second kappa shape index (κ2) is 9.39. The molecular formula is C24H25N3O3S. The fraction of sp³-hybridized carbons (Fsp3) is 0.292. The molecule has 2 aromatic carbocycles. The topological polar surface area (TPSA) is 64.4 Å². The molecule has 0 radical (unpaired) electrons. The largest absolute Gasteiger partial charge is 0.497 e. The average molecular weight is 436 g/mol. The molecule has 31 heavy (non-hydrogen) atoms. The number of carbonyl (C=O) groups is 1. The van der Waals surface area contributed by atoms with Gasteiger partial charge in [-0.15, -0.1) is 0 Å². The summed E-state index contributed by atoms with van der Waals surface area (Å²) in [7, 11) is 3.44. The third-order valence-corrected chi connectivity index (χ3v) is 6.43. The van der Waals surface area contributed by atoms with Crippen LogP contribution in [0.25, 0.3) is 10.9 Å². The van der Waals surface area contributed by atoms with Crippen LogP contribution in [0.15, 0.2) is 70.3 Å². The molecule has 0 bridgehead atoms. The third-order valence-electron chi connectivity index (χ3n) is 5.47. The van der Waals surface area contributed by atoms with E-state index in [9.17, 15) is 9.59 Å². The summed E-state index contributed by atoms with van der Waals surface area (Å²) in [6.45, 7) is 0.373. The van der Waals surface area contributed by atoms with Crippen LogP contribution in [0, 0.1) is 0 Å². The maximum absolute atomic E-state index is 13.2. The van der Waals surface area contributed by atoms with Crippen LogP contribution >= 0.6 is 11.8 Å². The van der Waals surface area contributed by atoms with Gasteiger partial charge < -0.3 is 9.64 Å². The lowest BCUT2D eigenvalue weighted by atomic mass is 10.2. The predicted molar refractivity (Wildman–Crippen MR) is 124 cm³/mol. The number of allylic oxidation sites excluding steroid dienone is 2. The zero-order valence-corrected chi connectivity index (χ0v) is 18.5. The number of hydrogen-bond donors (Lipinski definition) is 0. The van der Waals surface area contributed by atoms with Crippen molar-refractivity contribution in [2.75, 3.05) is 19.9 Å². The molecule has 0 fully saturated rings. The van der Waals surface area contributed by atoms with Crippen molar-refractivity contribution in [3.05, 3.63) is 76.2 Å². The molecule has 6 nitrogen and oxygen atoms in total. The molecule has 1 heterocycles. The number of ether oxygens (including phenoxy) is 1. The molecule has 1 aromatic heterocycles. The van der Waals surface area contributed by atoms with E-state index in [2.05, 4.69) is 6.08 Å². The highest BCUT2D eigenvalue weighted by Crippen LogP contribution is 2.23. The summed E-state index contributed by atoms with van der Waals surface area (Å²) >= 11 is 1.31. The monoisotopic (exact) mass is 435 g/mol. The van der Waals surface area contributed by atoms with Gasteiger partial charge in [-0.05, 0) is 49.1 Å². The first kappa shape index (κ1) is 21.2. The van der Waals surface area contributed by atoms with Crippen LogP contribution in [-0.2, 0) is 11.3 Å². The minimum atomic E-state index is -0.108. The standard InChI is InChI=1S/C24H25N3O3S/c1-26(18-7-3-4-8-18)22(28)16-31-24-25-21-10-6-5-9-20(21)23(29)27(24)15-17-11-13-19(30-2)14-12-17/h5-7,9-14H,3-4,8,15-16H2,1-2H3. The van der Waals surface area contributed by atoms with Crippen LogP contribution < -0.4 is 10.3 Å². The number of para-hydroxylation sites is 1. The Morgan fingerprint density at radius 2 is 1.97 bits per heavy atom. The van der Waals surface area contributed by atoms with Crippen molar-refractivity contribution in [2.24, 2.45) is 0 Å². The SMILES string of the molecule is COc1ccc(Cn2c(SCC(=O)N(C)C3=CCCC3)nc3ccccc3c2=O)cc1. The van der Waals surface area contributed by atoms with E-state index in [1.807, 2.05) is 49.5 Å². The number of benzene rings is 2. The van der Waals surface area contributed by atoms with Gasteiger partial charge in [0.2, 0.25) is 5.91 Å². The number of aromatic nitrogens is 2. The van der Waals surface area contributed by atoms with Crippen LogP contribution in [0.5, 0.6) is 5.75 Å². The second-order valence-corrected chi connectivity index (χ2v) is 8.42. The summed E-state index contributed by atoms with van der Waals surface area (Å²) in [6.07, 6.45) is 5.17. The van der Waals surface area contributed by atoms with Crippen molar-refractivity contribution in [3.8, 4) is 5.75 Å². The van der Waals surface area contributed by atoms with Gasteiger partial charge in [0.25, 0.3) is 5.56 Å². The first-order chi connectivity index (χ1) is 15.1. The second-order valence-electron chi connectivity index (χ2n) is 7.48. The van der Waals surface area contributed by atoms with Crippen molar-refractivity contribution in [2.45, 2.75) is 31.0 Å². The van der Waals surface area contributed by atoms with Gasteiger partial charge in [-0.2, -0.15) is 0 Å². The van der Waals surface area contributed by atoms with Crippen molar-refractivity contribution >= 4 is 28.6 Å². The summed E-state index contributed by atoms with van der Waals surface area (Å²) in [4.78, 5) is 32.4. The van der Waals surface area contributed by atoms with Crippen LogP contribution in [0.3, 0.4) is 0 Å². The quantitative estimate of drug-likeness (QED) is 0.413. The number of hydrogen-bond acceptors (Lipinski definition) is 5. The fourth-order valence-corrected chi connectivity index (χ4v) is 4.57. The summed E-state index contributed by atoms with van der Waals surface area (Å²) in [5.41, 5.74) is 2.57. The Balaban J connectivity index is 1.63. The van der Waals surface area contributed by atoms with E-state index in [4.69, 9.17) is 9.72 Å². The summed E-state index contributed by atoms with van der Waals surface area (Å²) in [5, 5.41) is 1.11. The first-order valence-electron chi connectivity index (χ1n) is 10.3. The van der Waals surface area contributed by atoms with E-state index in [0.717, 1.165) is 36.3 Å². The van der Waals surface area contributed by atoms with Gasteiger partial charge in [0, 0.05) is 12.7 Å². The van der Waals surface area contributed by atoms with Gasteiger partial charge >= 0.3 is 0 Å². The number of rotatable bonds is 7. The van der Waals surface area contributed by atoms with Crippen molar-refractivity contribution in [1.29, 1.82) is 0 Å². The highest BCUT2D eigenvalue weighted by molar-refractivity contribution is 7.99. The normalized spacial score (nSPS) is 13.3. The predicted octanol–water partition coefficient (Wildman–Crippen LogP) is 4.07. The number of methoxy groups -OCH3 is 1. The van der Waals surface area contributed by atoms with Gasteiger partial charge in [0.15, 0.2) is 5.16 Å². The lowest BCUT2D eigenvalue weighted by Gasteiger charge is -2.19. The van der Waals surface area contributed by atoms with Crippen molar-refractivity contribution in [3.63, 3.8) is 0 Å². The van der Waals surface area contributed by atoms with Crippen LogP contribution in [0.2, 0.25) is 0 Å². The smallest absolute Gasteiger partial charge is 0.262 e. The number of carbonyl (C=O) groups excluding carboxylic acids is 1. The van der Waals surface area contributed by atoms with Crippen molar-refractivity contribution < 1.29 is 9.53 Å². The number of fused-ring (bicyclic) bond motifs is 1. The van der Waals surface area contributed by atoms with E-state index in [-0.39, 0.29) is 17.2 Å². The van der Waals surface area contributed by atoms with Gasteiger partial charge in [0.1, 0.15) is 5.75 Å². The Kier molecular flexibility index (Phi) is 6.42. The maximum atomic E-state index is 13.2. The minimum absolute atomic E-state index is 0.0107. The van der Waals surface area contributed by atoms with Gasteiger partial charge in [-0.1, -0.05) is 42.1 Å². The Bertz CT molecular complexity index is 1180. The lowest BCUT2D eigenvalue weighted by molar-refractivity contribution is -0.125. The molecular weight excluding hydrogens is 410 g/mol. The van der Waals surface area contributed by atoms with Crippen molar-refractivity contribution in [1.82, 2.24) is 14.5 Å². The molecule has 1 aliphatic rings. The third kappa shape index (κ3) is 4.66. The Morgan fingerprint density at radius 3 is 2.68 bits per heavy atom. The Hall–Kier alpha value is -3.06. The molecule has 0 N–H and O–H groups in total. The molecule has 0 saturated heterocycles. The van der Waals surface area contributed by atoms with Gasteiger partial charge in [-0.3, -0.25) is 14.2 Å². The molecule has 3 aromatic rings. The average Bonchev–Trinajstić information content (AvgIpc) is 3.34. The molecule has 4 rings (SSSR count). The van der Waals surface area contributed by atoms with E-state index < -0.39 is 0 Å². The molecule has 1 amide bonds. The maximum Gasteiger partial charge on any atom is 0.262 e. The van der Waals surface area contributed by atoms with E-state index in [0.29, 0.717) is 22.6 Å². The highest BCUT2D eigenvalue weighted by Gasteiger charge is 2.18. The summed E-state index contributed by atoms with van der Waals surface area (Å²) in [6, 6.07) is 14.9. The zero-order valence-electron chi connectivity index (χ0n) is 17.7. The van der Waals surface area contributed by atoms with E-state index in [1.54, 1.807) is 22.6 Å². The van der Waals surface area contributed by atoms with Gasteiger partial charge in [0.05, 0.1) is 30.3 Å². The first-order valence-corrected chi connectivity index (χ1v) is 11.3. The molecule has 160 valence electrons. The number of thioether (sulfide) groups is 1. The Morgan fingerprint density at radius 1 is 1.19 bits per heavy atom. The van der Waals surface area contributed by atoms with E-state index in [1.165, 1.54) is 11.8 Å². The highest BCUT2D eigenvalue weighted by atomic mass is 32.2. The van der Waals surface area contributed by atoms with Crippen LogP contribution in [-0.4, -0.2) is 40.3 Å². The fourth-order valence-electron chi connectivity index (χ4n) is 3.65. The molecule has 0 atom stereocenters. The summed E-state index contributed by atoms with van der Waals surface area (Å²) < 4.78 is 6.87.